The molecule has 34 heavy (non-hydrogen) atoms. The Hall–Kier alpha value is -4.30. The zero-order chi connectivity index (χ0) is 23.8. The van der Waals surface area contributed by atoms with Crippen molar-refractivity contribution in [2.24, 2.45) is 7.05 Å². The molecule has 0 bridgehead atoms. The molecule has 0 spiro atoms. The van der Waals surface area contributed by atoms with Crippen molar-refractivity contribution in [1.82, 2.24) is 34.6 Å². The van der Waals surface area contributed by atoms with Gasteiger partial charge in [0.1, 0.15) is 5.52 Å². The van der Waals surface area contributed by atoms with Crippen LogP contribution in [0, 0.1) is 13.5 Å². The molecule has 4 aromatic heterocycles. The summed E-state index contributed by atoms with van der Waals surface area (Å²) in [5, 5.41) is 12.0. The molecule has 172 valence electrons. The summed E-state index contributed by atoms with van der Waals surface area (Å²) in [6.45, 7) is 10.9. The lowest BCUT2D eigenvalue weighted by Crippen LogP contribution is -2.57. The number of imidazole rings is 1. The maximum absolute atomic E-state index is 7.12. The van der Waals surface area contributed by atoms with Crippen molar-refractivity contribution < 1.29 is 4.74 Å². The van der Waals surface area contributed by atoms with Gasteiger partial charge in [0.05, 0.1) is 12.0 Å². The molecule has 0 aliphatic carbocycles. The van der Waals surface area contributed by atoms with Gasteiger partial charge in [0.2, 0.25) is 5.88 Å². The minimum absolute atomic E-state index is 0.319. The maximum Gasteiger partial charge on any atom is 0.269 e. The monoisotopic (exact) mass is 456 g/mol. The lowest BCUT2D eigenvalue weighted by atomic mass is 10.1. The van der Waals surface area contributed by atoms with Crippen LogP contribution >= 0.6 is 0 Å². The van der Waals surface area contributed by atoms with E-state index in [-0.39, 0.29) is 0 Å². The molecule has 11 heteroatoms. The highest BCUT2D eigenvalue weighted by atomic mass is 16.5. The van der Waals surface area contributed by atoms with Gasteiger partial charge < -0.3 is 29.3 Å². The molecule has 0 amide bonds. The van der Waals surface area contributed by atoms with Crippen molar-refractivity contribution in [3.8, 4) is 11.6 Å². The van der Waals surface area contributed by atoms with Crippen LogP contribution in [0.1, 0.15) is 5.56 Å². The number of hydrogen-bond donors (Lipinski definition) is 1. The summed E-state index contributed by atoms with van der Waals surface area (Å²) < 4.78 is 7.84. The Labute approximate surface area is 196 Å². The number of anilines is 3. The Balaban J connectivity index is 1.39. The summed E-state index contributed by atoms with van der Waals surface area (Å²) in [6.07, 6.45) is 3.23. The summed E-state index contributed by atoms with van der Waals surface area (Å²) in [6, 6.07) is 7.86. The predicted octanol–water partition coefficient (Wildman–Crippen LogP) is 3.30. The van der Waals surface area contributed by atoms with E-state index in [0.717, 1.165) is 24.5 Å². The second-order valence-electron chi connectivity index (χ2n) is 8.48. The number of aromatic nitrogens is 6. The Morgan fingerprint density at radius 3 is 2.68 bits per heavy atom. The van der Waals surface area contributed by atoms with Crippen LogP contribution in [0.4, 0.5) is 23.1 Å². The summed E-state index contributed by atoms with van der Waals surface area (Å²) in [7, 11) is 6.05. The Kier molecular flexibility index (Phi) is 5.43. The SMILES string of the molecule is [C-]#[N+]c1cc(C)c(Oc2cc(Nc3ccc(N4CC(N(C)C)C4)nn3)c3ncn(C)c3n2)cn1. The molecule has 1 fully saturated rings. The van der Waals surface area contributed by atoms with Gasteiger partial charge in [-0.2, -0.15) is 4.98 Å². The second-order valence-corrected chi connectivity index (χ2v) is 8.48. The molecule has 11 nitrogen and oxygen atoms in total. The first kappa shape index (κ1) is 21.5. The van der Waals surface area contributed by atoms with Crippen molar-refractivity contribution in [3.05, 3.63) is 53.8 Å². The van der Waals surface area contributed by atoms with Gasteiger partial charge in [-0.25, -0.2) is 4.98 Å². The molecule has 0 radical (unpaired) electrons. The topological polar surface area (TPSA) is 101 Å². The van der Waals surface area contributed by atoms with Crippen LogP contribution in [0.15, 0.2) is 36.8 Å². The van der Waals surface area contributed by atoms with E-state index in [1.165, 1.54) is 6.20 Å². The van der Waals surface area contributed by atoms with Crippen LogP contribution in [0.3, 0.4) is 0 Å². The molecule has 1 aliphatic heterocycles. The van der Waals surface area contributed by atoms with Crippen LogP contribution in [0.25, 0.3) is 16.0 Å². The molecular weight excluding hydrogens is 432 g/mol. The molecule has 1 N–H and O–H groups in total. The zero-order valence-electron chi connectivity index (χ0n) is 19.4. The van der Waals surface area contributed by atoms with Gasteiger partial charge in [0.15, 0.2) is 29.2 Å². The van der Waals surface area contributed by atoms with Gasteiger partial charge in [0, 0.05) is 32.2 Å². The third-order valence-electron chi connectivity index (χ3n) is 5.85. The van der Waals surface area contributed by atoms with Crippen molar-refractivity contribution in [3.63, 3.8) is 0 Å². The molecule has 0 unspecified atom stereocenters. The van der Waals surface area contributed by atoms with Gasteiger partial charge in [-0.05, 0) is 44.8 Å². The number of likely N-dealkylation sites (N-methyl/N-ethyl adjacent to an activating group) is 1. The minimum Gasteiger partial charge on any atom is -0.435 e. The Bertz CT molecular complexity index is 1380. The Morgan fingerprint density at radius 1 is 1.18 bits per heavy atom. The summed E-state index contributed by atoms with van der Waals surface area (Å²) in [5.41, 5.74) is 2.84. The average Bonchev–Trinajstić information content (AvgIpc) is 3.16. The number of hydrogen-bond acceptors (Lipinski definition) is 9. The molecule has 0 atom stereocenters. The number of nitrogens with one attached hydrogen (secondary N) is 1. The van der Waals surface area contributed by atoms with Gasteiger partial charge in [-0.1, -0.05) is 6.57 Å². The molecule has 4 aromatic rings. The summed E-state index contributed by atoms with van der Waals surface area (Å²) >= 11 is 0. The number of rotatable bonds is 6. The van der Waals surface area contributed by atoms with Gasteiger partial charge in [-0.15, -0.1) is 15.2 Å². The fourth-order valence-electron chi connectivity index (χ4n) is 3.70. The van der Waals surface area contributed by atoms with E-state index in [2.05, 4.69) is 59.2 Å². The Morgan fingerprint density at radius 2 is 2.00 bits per heavy atom. The van der Waals surface area contributed by atoms with Crippen molar-refractivity contribution in [2.75, 3.05) is 37.4 Å². The van der Waals surface area contributed by atoms with Crippen molar-refractivity contribution in [2.45, 2.75) is 13.0 Å². The van der Waals surface area contributed by atoms with E-state index >= 15 is 0 Å². The van der Waals surface area contributed by atoms with Crippen LogP contribution < -0.4 is 15.0 Å². The van der Waals surface area contributed by atoms with Gasteiger partial charge in [-0.3, -0.25) is 0 Å². The minimum atomic E-state index is 0.319. The normalized spacial score (nSPS) is 13.7. The van der Waals surface area contributed by atoms with E-state index in [1.807, 2.05) is 30.7 Å². The lowest BCUT2D eigenvalue weighted by molar-refractivity contribution is 0.246. The largest absolute Gasteiger partial charge is 0.435 e. The van der Waals surface area contributed by atoms with Gasteiger partial charge in [0.25, 0.3) is 5.82 Å². The van der Waals surface area contributed by atoms with Gasteiger partial charge >= 0.3 is 0 Å². The number of fused-ring (bicyclic) bond motifs is 1. The van der Waals surface area contributed by atoms with Crippen LogP contribution in [-0.4, -0.2) is 67.8 Å². The first-order chi connectivity index (χ1) is 16.4. The highest BCUT2D eigenvalue weighted by Crippen LogP contribution is 2.32. The second kappa shape index (κ2) is 8.57. The van der Waals surface area contributed by atoms with Crippen LogP contribution in [0.5, 0.6) is 11.6 Å². The summed E-state index contributed by atoms with van der Waals surface area (Å²) in [5.74, 6) is 2.67. The quantitative estimate of drug-likeness (QED) is 0.438. The highest BCUT2D eigenvalue weighted by molar-refractivity contribution is 5.88. The first-order valence-electron chi connectivity index (χ1n) is 10.8. The molecular formula is C23H24N10O. The molecule has 1 saturated heterocycles. The standard InChI is InChI=1S/C23H24N10O/c1-14-8-19(24-2)25-10-17(14)34-21-9-16(22-23(28-21)32(5)13-26-22)27-18-6-7-20(30-29-18)33-11-15(12-33)31(3)4/h6-10,13,15H,11-12H2,1,3-5H3,(H,27,28,29). The number of ether oxygens (including phenoxy) is 1. The molecule has 0 aromatic carbocycles. The van der Waals surface area contributed by atoms with Crippen molar-refractivity contribution in [1.29, 1.82) is 0 Å². The average molecular weight is 457 g/mol. The first-order valence-corrected chi connectivity index (χ1v) is 10.8. The molecule has 5 heterocycles. The van der Waals surface area contributed by atoms with Crippen molar-refractivity contribution >= 4 is 34.3 Å². The summed E-state index contributed by atoms with van der Waals surface area (Å²) in [4.78, 5) is 20.9. The third-order valence-corrected chi connectivity index (χ3v) is 5.85. The zero-order valence-corrected chi connectivity index (χ0v) is 19.4. The predicted molar refractivity (Wildman–Crippen MR) is 129 cm³/mol. The third kappa shape index (κ3) is 4.06. The number of pyridine rings is 2. The van der Waals surface area contributed by atoms with E-state index in [0.29, 0.717) is 46.2 Å². The van der Waals surface area contributed by atoms with Crippen LogP contribution in [0.2, 0.25) is 0 Å². The number of aryl methyl sites for hydroxylation is 2. The fourth-order valence-corrected chi connectivity index (χ4v) is 3.70. The molecule has 1 aliphatic rings. The fraction of sp³-hybridized carbons (Fsp3) is 0.304. The smallest absolute Gasteiger partial charge is 0.269 e. The van der Waals surface area contributed by atoms with E-state index in [4.69, 9.17) is 11.3 Å². The van der Waals surface area contributed by atoms with E-state index < -0.39 is 0 Å². The molecule has 0 saturated carbocycles. The molecule has 5 rings (SSSR count). The highest BCUT2D eigenvalue weighted by Gasteiger charge is 2.29. The van der Waals surface area contributed by atoms with E-state index in [1.54, 1.807) is 18.5 Å². The lowest BCUT2D eigenvalue weighted by Gasteiger charge is -2.43. The maximum atomic E-state index is 7.12. The van der Waals surface area contributed by atoms with Crippen LogP contribution in [-0.2, 0) is 7.05 Å². The number of nitrogens with zero attached hydrogens (tertiary/aromatic N) is 9. The van der Waals surface area contributed by atoms with E-state index in [9.17, 15) is 0 Å².